The third-order valence-electron chi connectivity index (χ3n) is 2.49. The number of urea groups is 1. The van der Waals surface area contributed by atoms with E-state index in [4.69, 9.17) is 5.11 Å². The summed E-state index contributed by atoms with van der Waals surface area (Å²) in [6.07, 6.45) is 2.55. The van der Waals surface area contributed by atoms with Crippen LogP contribution in [0, 0.1) is 6.92 Å². The number of esters is 1. The van der Waals surface area contributed by atoms with Gasteiger partial charge in [-0.2, -0.15) is 0 Å². The number of aliphatic carboxylic acids is 1. The molecule has 8 heteroatoms. The van der Waals surface area contributed by atoms with E-state index < -0.39 is 30.4 Å². The second-order valence-electron chi connectivity index (χ2n) is 3.96. The van der Waals surface area contributed by atoms with Gasteiger partial charge in [-0.25, -0.2) is 9.59 Å². The lowest BCUT2D eigenvalue weighted by Crippen LogP contribution is -2.44. The smallest absolute Gasteiger partial charge is 0.326 e. The van der Waals surface area contributed by atoms with E-state index in [-0.39, 0.29) is 0 Å². The minimum atomic E-state index is -1.36. The van der Waals surface area contributed by atoms with E-state index in [0.29, 0.717) is 5.69 Å². The molecule has 0 saturated carbocycles. The van der Waals surface area contributed by atoms with Crippen molar-refractivity contribution in [3.63, 3.8) is 0 Å². The van der Waals surface area contributed by atoms with Gasteiger partial charge < -0.3 is 20.5 Å². The van der Waals surface area contributed by atoms with E-state index in [1.807, 2.05) is 0 Å². The molecule has 0 spiro atoms. The van der Waals surface area contributed by atoms with Crippen molar-refractivity contribution in [1.29, 1.82) is 0 Å². The van der Waals surface area contributed by atoms with E-state index in [2.05, 4.69) is 20.4 Å². The Bertz CT molecular complexity index is 518. The molecule has 20 heavy (non-hydrogen) atoms. The number of amides is 2. The normalized spacial score (nSPS) is 11.3. The minimum Gasteiger partial charge on any atom is -0.480 e. The van der Waals surface area contributed by atoms with Gasteiger partial charge in [-0.05, 0) is 18.6 Å². The fourth-order valence-electron chi connectivity index (χ4n) is 1.36. The Kier molecular flexibility index (Phi) is 5.45. The minimum absolute atomic E-state index is 0.451. The number of pyridine rings is 1. The van der Waals surface area contributed by atoms with Crippen molar-refractivity contribution in [2.75, 3.05) is 12.4 Å². The third kappa shape index (κ3) is 4.56. The Morgan fingerprint density at radius 2 is 2.15 bits per heavy atom. The quantitative estimate of drug-likeness (QED) is 0.677. The van der Waals surface area contributed by atoms with Crippen LogP contribution in [0.5, 0.6) is 0 Å². The molecule has 0 aliphatic carbocycles. The highest BCUT2D eigenvalue weighted by Crippen LogP contribution is 2.11. The van der Waals surface area contributed by atoms with Gasteiger partial charge in [0.05, 0.1) is 25.4 Å². The van der Waals surface area contributed by atoms with Gasteiger partial charge in [-0.15, -0.1) is 0 Å². The largest absolute Gasteiger partial charge is 0.480 e. The van der Waals surface area contributed by atoms with Crippen molar-refractivity contribution in [2.24, 2.45) is 0 Å². The molecule has 0 radical (unpaired) electrons. The number of carboxylic acid groups (broad SMARTS) is 1. The van der Waals surface area contributed by atoms with Crippen LogP contribution in [0.15, 0.2) is 18.5 Å². The number of carboxylic acids is 1. The number of nitrogens with zero attached hydrogens (tertiary/aromatic N) is 1. The molecule has 0 fully saturated rings. The molecule has 1 aromatic heterocycles. The second-order valence-corrected chi connectivity index (χ2v) is 3.96. The maximum atomic E-state index is 11.7. The molecule has 1 atom stereocenters. The van der Waals surface area contributed by atoms with Crippen LogP contribution in [0.4, 0.5) is 10.5 Å². The topological polar surface area (TPSA) is 118 Å². The zero-order valence-corrected chi connectivity index (χ0v) is 11.0. The van der Waals surface area contributed by atoms with Gasteiger partial charge in [0.25, 0.3) is 0 Å². The molecule has 0 aliphatic heterocycles. The number of hydrogen-bond donors (Lipinski definition) is 3. The third-order valence-corrected chi connectivity index (χ3v) is 2.49. The zero-order chi connectivity index (χ0) is 15.1. The van der Waals surface area contributed by atoms with E-state index >= 15 is 0 Å². The molecule has 1 heterocycles. The molecule has 8 nitrogen and oxygen atoms in total. The summed E-state index contributed by atoms with van der Waals surface area (Å²) in [5.74, 6) is -2.05. The molecular weight excluding hydrogens is 266 g/mol. The van der Waals surface area contributed by atoms with Gasteiger partial charge in [0.1, 0.15) is 6.04 Å². The summed E-state index contributed by atoms with van der Waals surface area (Å²) >= 11 is 0. The Balaban J connectivity index is 2.65. The Hall–Kier alpha value is -2.64. The molecule has 0 unspecified atom stereocenters. The molecule has 108 valence electrons. The summed E-state index contributed by atoms with van der Waals surface area (Å²) in [5, 5.41) is 13.6. The monoisotopic (exact) mass is 281 g/mol. The molecule has 0 aliphatic rings. The number of nitrogens with one attached hydrogen (secondary N) is 2. The van der Waals surface area contributed by atoms with Crippen molar-refractivity contribution < 1.29 is 24.2 Å². The first-order valence-electron chi connectivity index (χ1n) is 5.71. The van der Waals surface area contributed by atoms with Crippen molar-refractivity contribution in [2.45, 2.75) is 19.4 Å². The average Bonchev–Trinajstić information content (AvgIpc) is 2.40. The van der Waals surface area contributed by atoms with Crippen LogP contribution in [-0.4, -0.2) is 41.2 Å². The number of aromatic nitrogens is 1. The number of hydrogen-bond acceptors (Lipinski definition) is 5. The number of carbonyl (C=O) groups is 3. The van der Waals surface area contributed by atoms with E-state index in [1.165, 1.54) is 6.20 Å². The van der Waals surface area contributed by atoms with Gasteiger partial charge in [0.2, 0.25) is 0 Å². The van der Waals surface area contributed by atoms with E-state index in [9.17, 15) is 14.4 Å². The Morgan fingerprint density at radius 1 is 1.45 bits per heavy atom. The summed E-state index contributed by atoms with van der Waals surface area (Å²) in [6, 6.07) is -0.407. The SMILES string of the molecule is COC(=O)C[C@H](NC(=O)Nc1cnccc1C)C(=O)O. The molecule has 1 rings (SSSR count). The van der Waals surface area contributed by atoms with E-state index in [0.717, 1.165) is 12.7 Å². The fourth-order valence-corrected chi connectivity index (χ4v) is 1.36. The lowest BCUT2D eigenvalue weighted by molar-refractivity contribution is -0.147. The molecule has 0 saturated heterocycles. The Labute approximate surface area is 115 Å². The standard InChI is InChI=1S/C12H15N3O5/c1-7-3-4-13-6-9(7)15-12(19)14-8(11(17)18)5-10(16)20-2/h3-4,6,8H,5H2,1-2H3,(H,17,18)(H2,14,15,19)/t8-/m0/s1. The molecule has 2 amide bonds. The van der Waals surface area contributed by atoms with Crippen LogP contribution in [0.25, 0.3) is 0 Å². The molecule has 1 aromatic rings. The lowest BCUT2D eigenvalue weighted by Gasteiger charge is -2.14. The van der Waals surface area contributed by atoms with Gasteiger partial charge in [0, 0.05) is 6.20 Å². The van der Waals surface area contributed by atoms with Crippen molar-refractivity contribution in [3.8, 4) is 0 Å². The maximum Gasteiger partial charge on any atom is 0.326 e. The molecular formula is C12H15N3O5. The van der Waals surface area contributed by atoms with Gasteiger partial charge in [0.15, 0.2) is 0 Å². The summed E-state index contributed by atoms with van der Waals surface area (Å²) in [4.78, 5) is 37.5. The zero-order valence-electron chi connectivity index (χ0n) is 11.0. The van der Waals surface area contributed by atoms with Crippen molar-refractivity contribution in [1.82, 2.24) is 10.3 Å². The number of anilines is 1. The molecule has 0 aromatic carbocycles. The first-order valence-corrected chi connectivity index (χ1v) is 5.71. The summed E-state index contributed by atoms with van der Waals surface area (Å²) in [6.45, 7) is 1.76. The average molecular weight is 281 g/mol. The van der Waals surface area contributed by atoms with Crippen LogP contribution >= 0.6 is 0 Å². The number of rotatable bonds is 5. The highest BCUT2D eigenvalue weighted by Gasteiger charge is 2.23. The fraction of sp³-hybridized carbons (Fsp3) is 0.333. The predicted octanol–water partition coefficient (Wildman–Crippen LogP) is 0.528. The number of carbonyl (C=O) groups excluding carboxylic acids is 2. The molecule has 3 N–H and O–H groups in total. The summed E-state index contributed by atoms with van der Waals surface area (Å²) in [5.41, 5.74) is 1.22. The van der Waals surface area contributed by atoms with Crippen LogP contribution in [0.1, 0.15) is 12.0 Å². The molecule has 0 bridgehead atoms. The summed E-state index contributed by atoms with van der Waals surface area (Å²) in [7, 11) is 1.14. The van der Waals surface area contributed by atoms with Crippen molar-refractivity contribution in [3.05, 3.63) is 24.0 Å². The highest BCUT2D eigenvalue weighted by atomic mass is 16.5. The Morgan fingerprint density at radius 3 is 2.70 bits per heavy atom. The first kappa shape index (κ1) is 15.4. The second kappa shape index (κ2) is 7.07. The van der Waals surface area contributed by atoms with Gasteiger partial charge >= 0.3 is 18.0 Å². The van der Waals surface area contributed by atoms with Crippen LogP contribution in [-0.2, 0) is 14.3 Å². The summed E-state index contributed by atoms with van der Waals surface area (Å²) < 4.78 is 4.37. The highest BCUT2D eigenvalue weighted by molar-refractivity contribution is 5.93. The van der Waals surface area contributed by atoms with Crippen LogP contribution in [0.2, 0.25) is 0 Å². The van der Waals surface area contributed by atoms with Gasteiger partial charge in [-0.1, -0.05) is 0 Å². The number of methoxy groups -OCH3 is 1. The van der Waals surface area contributed by atoms with Crippen molar-refractivity contribution >= 4 is 23.7 Å². The van der Waals surface area contributed by atoms with Crippen LogP contribution in [0.3, 0.4) is 0 Å². The van der Waals surface area contributed by atoms with Crippen LogP contribution < -0.4 is 10.6 Å². The number of aryl methyl sites for hydroxylation is 1. The maximum absolute atomic E-state index is 11.7. The van der Waals surface area contributed by atoms with E-state index in [1.54, 1.807) is 19.2 Å². The number of ether oxygens (including phenoxy) is 1. The first-order chi connectivity index (χ1) is 9.43. The van der Waals surface area contributed by atoms with Gasteiger partial charge in [-0.3, -0.25) is 9.78 Å². The lowest BCUT2D eigenvalue weighted by atomic mass is 10.2. The predicted molar refractivity (Wildman–Crippen MR) is 69.2 cm³/mol.